The van der Waals surface area contributed by atoms with E-state index < -0.39 is 5.97 Å². The average Bonchev–Trinajstić information content (AvgIpc) is 2.93. The van der Waals surface area contributed by atoms with Gasteiger partial charge in [0, 0.05) is 23.9 Å². The Kier molecular flexibility index (Phi) is 5.21. The summed E-state index contributed by atoms with van der Waals surface area (Å²) in [6.45, 7) is 3.89. The highest BCUT2D eigenvalue weighted by atomic mass is 32.1. The van der Waals surface area contributed by atoms with E-state index in [2.05, 4.69) is 15.3 Å². The van der Waals surface area contributed by atoms with Crippen molar-refractivity contribution in [3.8, 4) is 11.3 Å². The van der Waals surface area contributed by atoms with E-state index in [-0.39, 0.29) is 16.7 Å². The van der Waals surface area contributed by atoms with Crippen LogP contribution < -0.4 is 5.32 Å². The number of hydrogen-bond acceptors (Lipinski definition) is 5. The van der Waals surface area contributed by atoms with Crippen LogP contribution >= 0.6 is 11.3 Å². The SMILES string of the molecule is CCC(CC)C(=O)Nc1nc(-c2cccnc2)c(C(=O)O)s1. The van der Waals surface area contributed by atoms with E-state index in [1.165, 1.54) is 0 Å². The lowest BCUT2D eigenvalue weighted by Gasteiger charge is -2.10. The molecule has 0 atom stereocenters. The van der Waals surface area contributed by atoms with Gasteiger partial charge in [0.1, 0.15) is 4.88 Å². The van der Waals surface area contributed by atoms with Crippen LogP contribution in [0.5, 0.6) is 0 Å². The van der Waals surface area contributed by atoms with Crippen LogP contribution in [-0.4, -0.2) is 27.0 Å². The van der Waals surface area contributed by atoms with Crippen molar-refractivity contribution >= 4 is 28.3 Å². The van der Waals surface area contributed by atoms with E-state index in [0.29, 0.717) is 16.4 Å². The minimum atomic E-state index is -1.07. The molecule has 0 bridgehead atoms. The lowest BCUT2D eigenvalue weighted by Crippen LogP contribution is -2.21. The fourth-order valence-corrected chi connectivity index (χ4v) is 2.91. The number of hydrogen-bond donors (Lipinski definition) is 2. The van der Waals surface area contributed by atoms with Crippen molar-refractivity contribution in [2.75, 3.05) is 5.32 Å². The highest BCUT2D eigenvalue weighted by molar-refractivity contribution is 7.18. The zero-order valence-electron chi connectivity index (χ0n) is 12.4. The third-order valence-electron chi connectivity index (χ3n) is 3.34. The summed E-state index contributed by atoms with van der Waals surface area (Å²) in [5, 5.41) is 12.3. The van der Waals surface area contributed by atoms with Gasteiger partial charge in [-0.3, -0.25) is 9.78 Å². The van der Waals surface area contributed by atoms with Gasteiger partial charge in [0.2, 0.25) is 5.91 Å². The van der Waals surface area contributed by atoms with E-state index in [0.717, 1.165) is 24.2 Å². The molecule has 116 valence electrons. The maximum absolute atomic E-state index is 12.1. The molecule has 2 N–H and O–H groups in total. The van der Waals surface area contributed by atoms with Crippen molar-refractivity contribution in [2.45, 2.75) is 26.7 Å². The van der Waals surface area contributed by atoms with Gasteiger partial charge in [0.05, 0.1) is 5.69 Å². The zero-order valence-corrected chi connectivity index (χ0v) is 13.2. The molecular weight excluding hydrogens is 302 g/mol. The molecule has 0 saturated heterocycles. The molecule has 22 heavy (non-hydrogen) atoms. The average molecular weight is 319 g/mol. The number of carboxylic acid groups (broad SMARTS) is 1. The number of carbonyl (C=O) groups excluding carboxylic acids is 1. The number of amides is 1. The predicted octanol–water partition coefficient (Wildman–Crippen LogP) is 3.28. The van der Waals surface area contributed by atoms with Gasteiger partial charge >= 0.3 is 5.97 Å². The van der Waals surface area contributed by atoms with E-state index in [1.54, 1.807) is 24.5 Å². The molecule has 0 radical (unpaired) electrons. The van der Waals surface area contributed by atoms with Crippen LogP contribution in [0.15, 0.2) is 24.5 Å². The lowest BCUT2D eigenvalue weighted by atomic mass is 10.0. The lowest BCUT2D eigenvalue weighted by molar-refractivity contribution is -0.120. The van der Waals surface area contributed by atoms with Gasteiger partial charge < -0.3 is 10.4 Å². The van der Waals surface area contributed by atoms with Crippen molar-refractivity contribution in [1.82, 2.24) is 9.97 Å². The number of aromatic carboxylic acids is 1. The maximum Gasteiger partial charge on any atom is 0.348 e. The number of thiazole rings is 1. The molecule has 2 aromatic heterocycles. The number of aromatic nitrogens is 2. The van der Waals surface area contributed by atoms with Gasteiger partial charge in [-0.25, -0.2) is 9.78 Å². The predicted molar refractivity (Wildman–Crippen MR) is 85.0 cm³/mol. The van der Waals surface area contributed by atoms with Crippen LogP contribution in [0.25, 0.3) is 11.3 Å². The number of rotatable bonds is 6. The molecule has 1 amide bonds. The number of pyridine rings is 1. The van der Waals surface area contributed by atoms with Crippen LogP contribution in [0.3, 0.4) is 0 Å². The second-order valence-electron chi connectivity index (χ2n) is 4.75. The molecule has 7 heteroatoms. The highest BCUT2D eigenvalue weighted by Gasteiger charge is 2.21. The Morgan fingerprint density at radius 3 is 2.64 bits per heavy atom. The topological polar surface area (TPSA) is 92.2 Å². The maximum atomic E-state index is 12.1. The molecule has 6 nitrogen and oxygen atoms in total. The monoisotopic (exact) mass is 319 g/mol. The minimum Gasteiger partial charge on any atom is -0.477 e. The van der Waals surface area contributed by atoms with Gasteiger partial charge in [0.15, 0.2) is 5.13 Å². The first kappa shape index (κ1) is 16.1. The third kappa shape index (κ3) is 3.48. The van der Waals surface area contributed by atoms with Crippen molar-refractivity contribution in [3.05, 3.63) is 29.4 Å². The number of nitrogens with one attached hydrogen (secondary N) is 1. The Bertz CT molecular complexity index is 666. The van der Waals surface area contributed by atoms with Crippen LogP contribution in [0, 0.1) is 5.92 Å². The number of nitrogens with zero attached hydrogens (tertiary/aromatic N) is 2. The van der Waals surface area contributed by atoms with E-state index in [9.17, 15) is 14.7 Å². The zero-order chi connectivity index (χ0) is 16.1. The fourth-order valence-electron chi connectivity index (χ4n) is 2.08. The smallest absolute Gasteiger partial charge is 0.348 e. The second-order valence-corrected chi connectivity index (χ2v) is 5.75. The quantitative estimate of drug-likeness (QED) is 0.852. The summed E-state index contributed by atoms with van der Waals surface area (Å²) in [4.78, 5) is 31.8. The van der Waals surface area contributed by atoms with Crippen LogP contribution in [0.2, 0.25) is 0 Å². The van der Waals surface area contributed by atoms with Gasteiger partial charge in [-0.2, -0.15) is 0 Å². The van der Waals surface area contributed by atoms with Gasteiger partial charge in [-0.05, 0) is 25.0 Å². The molecule has 2 rings (SSSR count). The first-order chi connectivity index (χ1) is 10.6. The largest absolute Gasteiger partial charge is 0.477 e. The molecule has 0 unspecified atom stereocenters. The number of anilines is 1. The standard InChI is InChI=1S/C15H17N3O3S/c1-3-9(4-2)13(19)18-15-17-11(12(22-15)14(20)21)10-6-5-7-16-8-10/h5-9H,3-4H2,1-2H3,(H,20,21)(H,17,18,19). The molecule has 2 aromatic rings. The summed E-state index contributed by atoms with van der Waals surface area (Å²) in [6, 6.07) is 3.45. The molecule has 0 aliphatic rings. The molecule has 0 aliphatic carbocycles. The Morgan fingerprint density at radius 2 is 2.09 bits per heavy atom. The molecule has 0 aliphatic heterocycles. The van der Waals surface area contributed by atoms with Crippen LogP contribution in [0.4, 0.5) is 5.13 Å². The van der Waals surface area contributed by atoms with Gasteiger partial charge in [-0.1, -0.05) is 25.2 Å². The molecular formula is C15H17N3O3S. The highest BCUT2D eigenvalue weighted by Crippen LogP contribution is 2.31. The van der Waals surface area contributed by atoms with Crippen LogP contribution in [-0.2, 0) is 4.79 Å². The summed E-state index contributed by atoms with van der Waals surface area (Å²) < 4.78 is 0. The summed E-state index contributed by atoms with van der Waals surface area (Å²) in [5.74, 6) is -1.30. The fraction of sp³-hybridized carbons (Fsp3) is 0.333. The molecule has 0 spiro atoms. The normalized spacial score (nSPS) is 10.7. The van der Waals surface area contributed by atoms with Crippen molar-refractivity contribution in [1.29, 1.82) is 0 Å². The molecule has 2 heterocycles. The van der Waals surface area contributed by atoms with Crippen molar-refractivity contribution in [2.24, 2.45) is 5.92 Å². The number of carbonyl (C=O) groups is 2. The minimum absolute atomic E-state index is 0.0906. The Morgan fingerprint density at radius 1 is 1.36 bits per heavy atom. The Balaban J connectivity index is 2.32. The van der Waals surface area contributed by atoms with E-state index >= 15 is 0 Å². The summed E-state index contributed by atoms with van der Waals surface area (Å²) in [6.07, 6.45) is 4.62. The first-order valence-corrected chi connectivity index (χ1v) is 7.83. The molecule has 0 saturated carbocycles. The summed E-state index contributed by atoms with van der Waals surface area (Å²) in [5.41, 5.74) is 0.935. The number of carboxylic acids is 1. The van der Waals surface area contributed by atoms with E-state index in [1.807, 2.05) is 13.8 Å². The second kappa shape index (κ2) is 7.13. The molecule has 0 fully saturated rings. The Labute approximate surface area is 132 Å². The summed E-state index contributed by atoms with van der Waals surface area (Å²) >= 11 is 0.959. The van der Waals surface area contributed by atoms with Gasteiger partial charge in [-0.15, -0.1) is 0 Å². The molecule has 0 aromatic carbocycles. The summed E-state index contributed by atoms with van der Waals surface area (Å²) in [7, 11) is 0. The third-order valence-corrected chi connectivity index (χ3v) is 4.30. The van der Waals surface area contributed by atoms with Crippen molar-refractivity contribution < 1.29 is 14.7 Å². The van der Waals surface area contributed by atoms with Crippen molar-refractivity contribution in [3.63, 3.8) is 0 Å². The van der Waals surface area contributed by atoms with Gasteiger partial charge in [0.25, 0.3) is 0 Å². The van der Waals surface area contributed by atoms with Crippen LogP contribution in [0.1, 0.15) is 36.4 Å². The Hall–Kier alpha value is -2.28. The first-order valence-electron chi connectivity index (χ1n) is 7.02. The van der Waals surface area contributed by atoms with E-state index in [4.69, 9.17) is 0 Å².